The number of nitrogens with zero attached hydrogens (tertiary/aromatic N) is 2. The molecule has 2 aromatic rings. The van der Waals surface area contributed by atoms with Gasteiger partial charge in [0.05, 0.1) is 19.6 Å². The van der Waals surface area contributed by atoms with Gasteiger partial charge in [0.1, 0.15) is 6.61 Å². The third-order valence-corrected chi connectivity index (χ3v) is 9.48. The molecule has 41 heavy (non-hydrogen) atoms. The van der Waals surface area contributed by atoms with Gasteiger partial charge in [-0.05, 0) is 91.8 Å². The minimum absolute atomic E-state index is 0.150. The maximum absolute atomic E-state index is 11.9. The lowest BCUT2D eigenvalue weighted by Crippen LogP contribution is -2.34. The predicted octanol–water partition coefficient (Wildman–Crippen LogP) is 5.57. The Morgan fingerprint density at radius 2 is 1.76 bits per heavy atom. The van der Waals surface area contributed by atoms with Crippen LogP contribution in [0.15, 0.2) is 30.3 Å². The van der Waals surface area contributed by atoms with Crippen LogP contribution in [0.1, 0.15) is 73.2 Å². The van der Waals surface area contributed by atoms with Gasteiger partial charge in [-0.3, -0.25) is 24.2 Å². The SMILES string of the molecule is COc1cc(CN(C[C@H]2CC[C@H](C(=O)O)CC2)C2CCc3c2ccc(Cl)c3C)ccc1OCCN1C(=O)CCC1=O. The van der Waals surface area contributed by atoms with E-state index in [4.69, 9.17) is 21.1 Å². The minimum atomic E-state index is -0.676. The van der Waals surface area contributed by atoms with Crippen molar-refractivity contribution in [3.8, 4) is 11.5 Å². The zero-order chi connectivity index (χ0) is 29.1. The third-order valence-electron chi connectivity index (χ3n) is 9.07. The van der Waals surface area contributed by atoms with Gasteiger partial charge in [-0.15, -0.1) is 0 Å². The van der Waals surface area contributed by atoms with Crippen LogP contribution in [0.5, 0.6) is 11.5 Å². The molecule has 0 spiro atoms. The Labute approximate surface area is 246 Å². The molecule has 0 bridgehead atoms. The fraction of sp³-hybridized carbons (Fsp3) is 0.531. The van der Waals surface area contributed by atoms with Crippen molar-refractivity contribution in [3.63, 3.8) is 0 Å². The Hall–Kier alpha value is -3.10. The fourth-order valence-electron chi connectivity index (χ4n) is 6.72. The number of carboxylic acid groups (broad SMARTS) is 1. The van der Waals surface area contributed by atoms with Crippen molar-refractivity contribution in [3.05, 3.63) is 57.6 Å². The van der Waals surface area contributed by atoms with Crippen molar-refractivity contribution in [2.24, 2.45) is 11.8 Å². The second-order valence-corrected chi connectivity index (χ2v) is 12.0. The Bertz CT molecular complexity index is 1290. The molecule has 2 amide bonds. The molecule has 2 aliphatic carbocycles. The van der Waals surface area contributed by atoms with Crippen LogP contribution in [0.25, 0.3) is 0 Å². The molecule has 1 aliphatic heterocycles. The maximum atomic E-state index is 11.9. The minimum Gasteiger partial charge on any atom is -0.493 e. The molecule has 1 unspecified atom stereocenters. The molecule has 1 saturated carbocycles. The van der Waals surface area contributed by atoms with Crippen molar-refractivity contribution in [1.82, 2.24) is 9.80 Å². The third kappa shape index (κ3) is 6.54. The highest BCUT2D eigenvalue weighted by atomic mass is 35.5. The summed E-state index contributed by atoms with van der Waals surface area (Å²) in [4.78, 5) is 39.1. The first-order chi connectivity index (χ1) is 19.7. The van der Waals surface area contributed by atoms with Gasteiger partial charge in [-0.2, -0.15) is 0 Å². The first kappa shape index (κ1) is 29.4. The Morgan fingerprint density at radius 3 is 2.44 bits per heavy atom. The highest BCUT2D eigenvalue weighted by molar-refractivity contribution is 6.31. The first-order valence-electron chi connectivity index (χ1n) is 14.6. The van der Waals surface area contributed by atoms with Crippen molar-refractivity contribution in [2.45, 2.75) is 70.9 Å². The van der Waals surface area contributed by atoms with E-state index in [-0.39, 0.29) is 49.8 Å². The first-order valence-corrected chi connectivity index (χ1v) is 15.0. The normalized spacial score (nSPS) is 22.3. The van der Waals surface area contributed by atoms with Crippen molar-refractivity contribution in [2.75, 3.05) is 26.8 Å². The summed E-state index contributed by atoms with van der Waals surface area (Å²) in [5.41, 5.74) is 4.94. The van der Waals surface area contributed by atoms with Gasteiger partial charge in [0.15, 0.2) is 11.5 Å². The van der Waals surface area contributed by atoms with E-state index in [0.717, 1.165) is 67.8 Å². The molecule has 2 fully saturated rings. The lowest BCUT2D eigenvalue weighted by atomic mass is 9.81. The van der Waals surface area contributed by atoms with Crippen LogP contribution in [0.3, 0.4) is 0 Å². The van der Waals surface area contributed by atoms with Crippen molar-refractivity contribution < 1.29 is 29.0 Å². The molecule has 1 heterocycles. The van der Waals surface area contributed by atoms with Crippen LogP contribution in [0.4, 0.5) is 0 Å². The molecule has 9 heteroatoms. The van der Waals surface area contributed by atoms with Gasteiger partial charge < -0.3 is 14.6 Å². The molecule has 1 N–H and O–H groups in total. The highest BCUT2D eigenvalue weighted by Crippen LogP contribution is 2.42. The summed E-state index contributed by atoms with van der Waals surface area (Å²) in [5, 5.41) is 10.3. The lowest BCUT2D eigenvalue weighted by Gasteiger charge is -2.35. The average molecular weight is 583 g/mol. The van der Waals surface area contributed by atoms with E-state index < -0.39 is 5.97 Å². The number of halogens is 1. The molecule has 2 aromatic carbocycles. The van der Waals surface area contributed by atoms with Crippen LogP contribution < -0.4 is 9.47 Å². The predicted molar refractivity (Wildman–Crippen MR) is 155 cm³/mol. The van der Waals surface area contributed by atoms with E-state index in [9.17, 15) is 19.5 Å². The van der Waals surface area contributed by atoms with Gasteiger partial charge in [0, 0.05) is 37.0 Å². The largest absolute Gasteiger partial charge is 0.493 e. The second-order valence-electron chi connectivity index (χ2n) is 11.6. The number of amides is 2. The van der Waals surface area contributed by atoms with E-state index in [0.29, 0.717) is 17.4 Å². The lowest BCUT2D eigenvalue weighted by molar-refractivity contribution is -0.143. The Kier molecular flexibility index (Phi) is 9.19. The van der Waals surface area contributed by atoms with E-state index in [1.165, 1.54) is 16.0 Å². The van der Waals surface area contributed by atoms with Gasteiger partial charge in [-0.1, -0.05) is 23.7 Å². The quantitative estimate of drug-likeness (QED) is 0.346. The van der Waals surface area contributed by atoms with E-state index in [1.807, 2.05) is 24.3 Å². The molecule has 0 radical (unpaired) electrons. The molecule has 3 aliphatic rings. The van der Waals surface area contributed by atoms with Crippen LogP contribution in [-0.2, 0) is 27.3 Å². The molecular formula is C32H39ClN2O6. The number of hydrogen-bond donors (Lipinski definition) is 1. The number of likely N-dealkylation sites (tertiary alicyclic amines) is 1. The molecule has 1 saturated heterocycles. The number of carboxylic acids is 1. The summed E-state index contributed by atoms with van der Waals surface area (Å²) in [6.45, 7) is 4.15. The average Bonchev–Trinajstić information content (AvgIpc) is 3.54. The van der Waals surface area contributed by atoms with Crippen molar-refractivity contribution in [1.29, 1.82) is 0 Å². The van der Waals surface area contributed by atoms with E-state index >= 15 is 0 Å². The number of carbonyl (C=O) groups is 3. The number of carbonyl (C=O) groups excluding carboxylic acids is 2. The summed E-state index contributed by atoms with van der Waals surface area (Å²) in [6.07, 6.45) is 5.87. The zero-order valence-electron chi connectivity index (χ0n) is 23.9. The van der Waals surface area contributed by atoms with Gasteiger partial charge in [0.25, 0.3) is 0 Å². The highest BCUT2D eigenvalue weighted by Gasteiger charge is 2.33. The number of imide groups is 1. The van der Waals surface area contributed by atoms with E-state index in [2.05, 4.69) is 17.9 Å². The standard InChI is InChI=1S/C32H39ClN2O6/c1-20-24-9-11-27(25(24)8-10-26(20)33)34(18-21-3-6-23(7-4-21)32(38)39)19-22-5-12-28(29(17-22)40-2)41-16-15-35-30(36)13-14-31(35)37/h5,8,10,12,17,21,23,27H,3-4,6-7,9,11,13-16,18-19H2,1-2H3,(H,38,39)/t21-,23-,27?. The maximum Gasteiger partial charge on any atom is 0.306 e. The summed E-state index contributed by atoms with van der Waals surface area (Å²) < 4.78 is 11.6. The molecule has 1 atom stereocenters. The topological polar surface area (TPSA) is 96.4 Å². The summed E-state index contributed by atoms with van der Waals surface area (Å²) in [5.74, 6) is 0.430. The number of methoxy groups -OCH3 is 1. The Balaban J connectivity index is 1.31. The number of fused-ring (bicyclic) bond motifs is 1. The van der Waals surface area contributed by atoms with Gasteiger partial charge >= 0.3 is 5.97 Å². The van der Waals surface area contributed by atoms with E-state index in [1.54, 1.807) is 7.11 Å². The Morgan fingerprint density at radius 1 is 1.02 bits per heavy atom. The summed E-state index contributed by atoms with van der Waals surface area (Å²) in [6, 6.07) is 10.4. The van der Waals surface area contributed by atoms with Crippen LogP contribution in [0, 0.1) is 18.8 Å². The van der Waals surface area contributed by atoms with Crippen LogP contribution >= 0.6 is 11.6 Å². The number of hydrogen-bond acceptors (Lipinski definition) is 6. The molecule has 8 nitrogen and oxygen atoms in total. The van der Waals surface area contributed by atoms with Gasteiger partial charge in [-0.25, -0.2) is 0 Å². The number of aliphatic carboxylic acids is 1. The van der Waals surface area contributed by atoms with Crippen LogP contribution in [-0.4, -0.2) is 59.5 Å². The summed E-state index contributed by atoms with van der Waals surface area (Å²) in [7, 11) is 1.61. The number of benzene rings is 2. The summed E-state index contributed by atoms with van der Waals surface area (Å²) >= 11 is 6.46. The number of rotatable bonds is 11. The molecule has 0 aromatic heterocycles. The van der Waals surface area contributed by atoms with Crippen molar-refractivity contribution >= 4 is 29.4 Å². The molecule has 5 rings (SSSR count). The zero-order valence-corrected chi connectivity index (χ0v) is 24.6. The van der Waals surface area contributed by atoms with Gasteiger partial charge in [0.2, 0.25) is 11.8 Å². The fourth-order valence-corrected chi connectivity index (χ4v) is 6.89. The smallest absolute Gasteiger partial charge is 0.306 e. The second kappa shape index (κ2) is 12.8. The number of ether oxygens (including phenoxy) is 2. The molecular weight excluding hydrogens is 544 g/mol. The van der Waals surface area contributed by atoms with Crippen LogP contribution in [0.2, 0.25) is 5.02 Å². The molecule has 220 valence electrons. The monoisotopic (exact) mass is 582 g/mol.